The Labute approximate surface area is 110 Å². The van der Waals surface area contributed by atoms with Crippen molar-refractivity contribution in [2.45, 2.75) is 38.3 Å². The number of nitrogens with one attached hydrogen (secondary N) is 1. The Bertz CT molecular complexity index is 514. The molecule has 0 amide bonds. The van der Waals surface area contributed by atoms with Gasteiger partial charge in [-0.1, -0.05) is 28.8 Å². The molecule has 0 radical (unpaired) electrons. The lowest BCUT2D eigenvalue weighted by Gasteiger charge is -2.09. The minimum absolute atomic E-state index is 0.690. The van der Waals surface area contributed by atoms with Gasteiger partial charge in [0.05, 0.1) is 6.54 Å². The Kier molecular flexibility index (Phi) is 3.21. The van der Waals surface area contributed by atoms with Crippen molar-refractivity contribution in [3.8, 4) is 0 Å². The van der Waals surface area contributed by atoms with Crippen LogP contribution >= 0.6 is 15.9 Å². The van der Waals surface area contributed by atoms with Crippen LogP contribution in [0.1, 0.15) is 31.4 Å². The summed E-state index contributed by atoms with van der Waals surface area (Å²) in [6, 6.07) is 8.94. The van der Waals surface area contributed by atoms with Crippen LogP contribution in [-0.4, -0.2) is 6.04 Å². The largest absolute Gasteiger partial charge is 0.460 e. The number of furan rings is 1. The molecule has 3 rings (SSSR count). The first-order valence-electron chi connectivity index (χ1n) is 6.22. The van der Waals surface area contributed by atoms with Crippen molar-refractivity contribution in [1.29, 1.82) is 0 Å². The molecule has 0 saturated heterocycles. The van der Waals surface area contributed by atoms with Crippen LogP contribution < -0.4 is 5.32 Å². The van der Waals surface area contributed by atoms with Crippen LogP contribution in [0.3, 0.4) is 0 Å². The predicted molar refractivity (Wildman–Crippen MR) is 73.0 cm³/mol. The van der Waals surface area contributed by atoms with E-state index in [2.05, 4.69) is 33.4 Å². The molecule has 2 nitrogen and oxygen atoms in total. The average molecular weight is 294 g/mol. The van der Waals surface area contributed by atoms with Gasteiger partial charge in [0, 0.05) is 15.9 Å². The Balaban J connectivity index is 1.72. The van der Waals surface area contributed by atoms with E-state index in [9.17, 15) is 0 Å². The van der Waals surface area contributed by atoms with E-state index in [0.717, 1.165) is 22.4 Å². The molecule has 1 aromatic heterocycles. The lowest BCUT2D eigenvalue weighted by Crippen LogP contribution is -2.24. The molecular weight excluding hydrogens is 278 g/mol. The van der Waals surface area contributed by atoms with Crippen LogP contribution in [0.5, 0.6) is 0 Å². The van der Waals surface area contributed by atoms with Crippen molar-refractivity contribution in [3.05, 3.63) is 34.5 Å². The Morgan fingerprint density at radius 2 is 2.06 bits per heavy atom. The van der Waals surface area contributed by atoms with Crippen LogP contribution in [0.2, 0.25) is 0 Å². The van der Waals surface area contributed by atoms with Crippen LogP contribution in [0.25, 0.3) is 11.0 Å². The zero-order chi connectivity index (χ0) is 11.7. The van der Waals surface area contributed by atoms with Gasteiger partial charge in [0.2, 0.25) is 0 Å². The van der Waals surface area contributed by atoms with E-state index in [1.807, 2.05) is 12.1 Å². The van der Waals surface area contributed by atoms with Crippen molar-refractivity contribution in [3.63, 3.8) is 0 Å². The molecule has 1 aliphatic carbocycles. The summed E-state index contributed by atoms with van der Waals surface area (Å²) in [5.41, 5.74) is 0.969. The summed E-state index contributed by atoms with van der Waals surface area (Å²) in [4.78, 5) is 0. The number of hydrogen-bond acceptors (Lipinski definition) is 2. The second kappa shape index (κ2) is 4.83. The molecule has 1 N–H and O–H groups in total. The van der Waals surface area contributed by atoms with Crippen LogP contribution in [-0.2, 0) is 6.54 Å². The second-order valence-corrected chi connectivity index (χ2v) is 5.67. The monoisotopic (exact) mass is 293 g/mol. The summed E-state index contributed by atoms with van der Waals surface area (Å²) in [6.07, 6.45) is 5.35. The summed E-state index contributed by atoms with van der Waals surface area (Å²) >= 11 is 3.48. The van der Waals surface area contributed by atoms with Gasteiger partial charge in [-0.15, -0.1) is 0 Å². The van der Waals surface area contributed by atoms with E-state index < -0.39 is 0 Å². The lowest BCUT2D eigenvalue weighted by molar-refractivity contribution is 0.462. The number of fused-ring (bicyclic) bond motifs is 1. The standard InChI is InChI=1S/C14H16BrNO/c15-11-5-6-14-10(7-11)8-13(17-14)9-16-12-3-1-2-4-12/h5-8,12,16H,1-4,9H2. The summed E-state index contributed by atoms with van der Waals surface area (Å²) in [6.45, 7) is 0.844. The first kappa shape index (κ1) is 11.3. The van der Waals surface area contributed by atoms with E-state index in [1.54, 1.807) is 0 Å². The predicted octanol–water partition coefficient (Wildman–Crippen LogP) is 4.23. The Morgan fingerprint density at radius 3 is 2.88 bits per heavy atom. The van der Waals surface area contributed by atoms with Crippen LogP contribution in [0, 0.1) is 0 Å². The highest BCUT2D eigenvalue weighted by molar-refractivity contribution is 9.10. The fourth-order valence-corrected chi connectivity index (χ4v) is 2.91. The van der Waals surface area contributed by atoms with Crippen molar-refractivity contribution in [2.24, 2.45) is 0 Å². The molecule has 1 fully saturated rings. The first-order valence-corrected chi connectivity index (χ1v) is 7.02. The second-order valence-electron chi connectivity index (χ2n) is 4.76. The van der Waals surface area contributed by atoms with Crippen molar-refractivity contribution >= 4 is 26.9 Å². The molecule has 1 aliphatic rings. The van der Waals surface area contributed by atoms with E-state index in [1.165, 1.54) is 31.1 Å². The van der Waals surface area contributed by atoms with E-state index >= 15 is 0 Å². The molecule has 1 saturated carbocycles. The lowest BCUT2D eigenvalue weighted by atomic mass is 10.2. The van der Waals surface area contributed by atoms with Crippen molar-refractivity contribution in [1.82, 2.24) is 5.32 Å². The minimum atomic E-state index is 0.690. The Hall–Kier alpha value is -0.800. The zero-order valence-corrected chi connectivity index (χ0v) is 11.3. The molecule has 1 aromatic carbocycles. The van der Waals surface area contributed by atoms with Gasteiger partial charge in [-0.05, 0) is 37.1 Å². The summed E-state index contributed by atoms with van der Waals surface area (Å²) in [5.74, 6) is 1.03. The van der Waals surface area contributed by atoms with Crippen LogP contribution in [0.4, 0.5) is 0 Å². The molecule has 0 atom stereocenters. The third kappa shape index (κ3) is 2.55. The third-order valence-corrected chi connectivity index (χ3v) is 3.94. The number of rotatable bonds is 3. The number of benzene rings is 1. The van der Waals surface area contributed by atoms with Gasteiger partial charge in [-0.2, -0.15) is 0 Å². The highest BCUT2D eigenvalue weighted by Gasteiger charge is 2.14. The topological polar surface area (TPSA) is 25.2 Å². The van der Waals surface area contributed by atoms with E-state index in [4.69, 9.17) is 4.42 Å². The molecule has 1 heterocycles. The maximum absolute atomic E-state index is 5.80. The first-order chi connectivity index (χ1) is 8.31. The zero-order valence-electron chi connectivity index (χ0n) is 9.71. The highest BCUT2D eigenvalue weighted by Crippen LogP contribution is 2.24. The maximum Gasteiger partial charge on any atom is 0.134 e. The molecule has 3 heteroatoms. The highest BCUT2D eigenvalue weighted by atomic mass is 79.9. The van der Waals surface area contributed by atoms with Crippen molar-refractivity contribution in [2.75, 3.05) is 0 Å². The average Bonchev–Trinajstić information content (AvgIpc) is 2.94. The third-order valence-electron chi connectivity index (χ3n) is 3.45. The van der Waals surface area contributed by atoms with Crippen LogP contribution in [0.15, 0.2) is 33.2 Å². The van der Waals surface area contributed by atoms with Gasteiger partial charge in [0.1, 0.15) is 11.3 Å². The minimum Gasteiger partial charge on any atom is -0.460 e. The quantitative estimate of drug-likeness (QED) is 0.916. The number of hydrogen-bond donors (Lipinski definition) is 1. The molecule has 0 bridgehead atoms. The number of halogens is 1. The van der Waals surface area contributed by atoms with Gasteiger partial charge in [-0.25, -0.2) is 0 Å². The van der Waals surface area contributed by atoms with Gasteiger partial charge in [0.15, 0.2) is 0 Å². The molecule has 2 aromatic rings. The maximum atomic E-state index is 5.80. The normalized spacial score (nSPS) is 17.0. The van der Waals surface area contributed by atoms with Gasteiger partial charge in [-0.3, -0.25) is 0 Å². The SMILES string of the molecule is Brc1ccc2oc(CNC3CCCC3)cc2c1. The van der Waals surface area contributed by atoms with E-state index in [0.29, 0.717) is 6.04 Å². The van der Waals surface area contributed by atoms with Gasteiger partial charge < -0.3 is 9.73 Å². The molecular formula is C14H16BrNO. The molecule has 0 spiro atoms. The molecule has 17 heavy (non-hydrogen) atoms. The van der Waals surface area contributed by atoms with Gasteiger partial charge >= 0.3 is 0 Å². The smallest absolute Gasteiger partial charge is 0.134 e. The van der Waals surface area contributed by atoms with E-state index in [-0.39, 0.29) is 0 Å². The fraction of sp³-hybridized carbons (Fsp3) is 0.429. The Morgan fingerprint density at radius 1 is 1.24 bits per heavy atom. The summed E-state index contributed by atoms with van der Waals surface area (Å²) in [7, 11) is 0. The summed E-state index contributed by atoms with van der Waals surface area (Å²) in [5, 5.41) is 4.74. The molecule has 0 aliphatic heterocycles. The fourth-order valence-electron chi connectivity index (χ4n) is 2.53. The summed E-state index contributed by atoms with van der Waals surface area (Å²) < 4.78 is 6.90. The van der Waals surface area contributed by atoms with Gasteiger partial charge in [0.25, 0.3) is 0 Å². The van der Waals surface area contributed by atoms with Crippen molar-refractivity contribution < 1.29 is 4.42 Å². The molecule has 90 valence electrons. The molecule has 0 unspecified atom stereocenters.